The van der Waals surface area contributed by atoms with Gasteiger partial charge in [-0.3, -0.25) is 0 Å². The molecule has 0 radical (unpaired) electrons. The average molecular weight is 274 g/mol. The summed E-state index contributed by atoms with van der Waals surface area (Å²) in [7, 11) is 0. The fraction of sp³-hybridized carbons (Fsp3) is 0.154. The summed E-state index contributed by atoms with van der Waals surface area (Å²) in [5.74, 6) is -0.0916. The van der Waals surface area contributed by atoms with Crippen LogP contribution in [0.2, 0.25) is 0 Å². The molecule has 0 saturated carbocycles. The lowest BCUT2D eigenvalue weighted by Crippen LogP contribution is -1.99. The molecule has 2 rings (SSSR count). The maximum atomic E-state index is 12.8. The number of aromatic nitrogens is 2. The Kier molecular flexibility index (Phi) is 3.97. The number of hydrogen-bond acceptors (Lipinski definition) is 5. The van der Waals surface area contributed by atoms with Crippen molar-refractivity contribution in [3.8, 4) is 6.07 Å². The van der Waals surface area contributed by atoms with Gasteiger partial charge < -0.3 is 5.73 Å². The van der Waals surface area contributed by atoms with Crippen LogP contribution in [0.4, 0.5) is 10.2 Å². The van der Waals surface area contributed by atoms with Crippen molar-refractivity contribution in [2.24, 2.45) is 0 Å². The molecule has 4 nitrogen and oxygen atoms in total. The van der Waals surface area contributed by atoms with Gasteiger partial charge in [-0.1, -0.05) is 23.9 Å². The summed E-state index contributed by atoms with van der Waals surface area (Å²) in [5, 5.41) is 9.30. The van der Waals surface area contributed by atoms with Gasteiger partial charge in [0.25, 0.3) is 0 Å². The van der Waals surface area contributed by atoms with Gasteiger partial charge in [0, 0.05) is 5.25 Å². The molecule has 0 aliphatic carbocycles. The van der Waals surface area contributed by atoms with Crippen LogP contribution in [-0.2, 0) is 0 Å². The lowest BCUT2D eigenvalue weighted by molar-refractivity contribution is 0.627. The van der Waals surface area contributed by atoms with Crippen LogP contribution in [0.1, 0.15) is 23.3 Å². The zero-order chi connectivity index (χ0) is 13.8. The van der Waals surface area contributed by atoms with Crippen LogP contribution >= 0.6 is 11.8 Å². The number of anilines is 1. The number of nitriles is 1. The monoisotopic (exact) mass is 274 g/mol. The van der Waals surface area contributed by atoms with Crippen LogP contribution in [0.15, 0.2) is 35.6 Å². The molecule has 2 N–H and O–H groups in total. The molecule has 0 fully saturated rings. The predicted molar refractivity (Wildman–Crippen MR) is 71.8 cm³/mol. The average Bonchev–Trinajstić information content (AvgIpc) is 2.39. The van der Waals surface area contributed by atoms with Gasteiger partial charge in [0.15, 0.2) is 5.16 Å². The first kappa shape index (κ1) is 13.3. The predicted octanol–water partition coefficient (Wildman–Crippen LogP) is 2.92. The van der Waals surface area contributed by atoms with E-state index in [0.717, 1.165) is 5.56 Å². The summed E-state index contributed by atoms with van der Waals surface area (Å²) in [5.41, 5.74) is 6.86. The van der Waals surface area contributed by atoms with Crippen molar-refractivity contribution < 1.29 is 4.39 Å². The van der Waals surface area contributed by atoms with Crippen LogP contribution in [0, 0.1) is 17.1 Å². The van der Waals surface area contributed by atoms with E-state index in [4.69, 9.17) is 11.0 Å². The van der Waals surface area contributed by atoms with Gasteiger partial charge in [-0.25, -0.2) is 14.4 Å². The molecule has 0 aliphatic heterocycles. The fourth-order valence-corrected chi connectivity index (χ4v) is 2.35. The molecule has 2 aromatic rings. The molecule has 0 aliphatic rings. The Morgan fingerprint density at radius 2 is 2.05 bits per heavy atom. The molecule has 0 bridgehead atoms. The van der Waals surface area contributed by atoms with Crippen molar-refractivity contribution in [3.63, 3.8) is 0 Å². The Bertz CT molecular complexity index is 622. The zero-order valence-corrected chi connectivity index (χ0v) is 11.0. The molecule has 0 unspecified atom stereocenters. The summed E-state index contributed by atoms with van der Waals surface area (Å²) in [4.78, 5) is 8.13. The summed E-state index contributed by atoms with van der Waals surface area (Å²) in [6, 6.07) is 8.19. The Morgan fingerprint density at radius 3 is 2.63 bits per heavy atom. The third-order valence-corrected chi connectivity index (χ3v) is 3.57. The molecule has 96 valence electrons. The quantitative estimate of drug-likeness (QED) is 0.688. The first-order valence-corrected chi connectivity index (χ1v) is 6.43. The number of rotatable bonds is 3. The lowest BCUT2D eigenvalue weighted by atomic mass is 10.2. The number of nitrogen functional groups attached to an aromatic ring is 1. The molecule has 0 saturated heterocycles. The third kappa shape index (κ3) is 3.20. The van der Waals surface area contributed by atoms with Gasteiger partial charge in [0.05, 0.1) is 6.20 Å². The minimum Gasteiger partial charge on any atom is -0.382 e. The van der Waals surface area contributed by atoms with Crippen LogP contribution < -0.4 is 5.73 Å². The normalized spacial score (nSPS) is 11.8. The smallest absolute Gasteiger partial charge is 0.190 e. The van der Waals surface area contributed by atoms with Crippen molar-refractivity contribution >= 4 is 17.6 Å². The van der Waals surface area contributed by atoms with Crippen molar-refractivity contribution in [1.82, 2.24) is 9.97 Å². The zero-order valence-electron chi connectivity index (χ0n) is 10.2. The minimum atomic E-state index is -0.264. The Morgan fingerprint density at radius 1 is 1.37 bits per heavy atom. The molecule has 1 atom stereocenters. The first-order chi connectivity index (χ1) is 9.10. The summed E-state index contributed by atoms with van der Waals surface area (Å²) in [6.07, 6.45) is 1.40. The number of thioether (sulfide) groups is 1. The molecule has 1 aromatic carbocycles. The summed E-state index contributed by atoms with van der Waals surface area (Å²) < 4.78 is 12.8. The molecule has 0 amide bonds. The Labute approximate surface area is 114 Å². The van der Waals surface area contributed by atoms with Gasteiger partial charge >= 0.3 is 0 Å². The second-order valence-electron chi connectivity index (χ2n) is 3.87. The number of benzene rings is 1. The van der Waals surface area contributed by atoms with E-state index in [1.165, 1.54) is 30.1 Å². The van der Waals surface area contributed by atoms with E-state index in [-0.39, 0.29) is 22.4 Å². The molecule has 6 heteroatoms. The van der Waals surface area contributed by atoms with Gasteiger partial charge in [-0.05, 0) is 24.6 Å². The maximum absolute atomic E-state index is 12.8. The third-order valence-electron chi connectivity index (χ3n) is 2.54. The SMILES string of the molecule is C[C@@H](Sc1ncc(C#N)c(N)n1)c1ccc(F)cc1. The van der Waals surface area contributed by atoms with E-state index < -0.39 is 0 Å². The Hall–Kier alpha value is -2.13. The second kappa shape index (κ2) is 5.67. The standard InChI is InChI=1S/C13H11FN4S/c1-8(9-2-4-11(14)5-3-9)19-13-17-7-10(6-15)12(16)18-13/h2-5,7-8H,1H3,(H2,16,17,18)/t8-/m1/s1. The van der Waals surface area contributed by atoms with Gasteiger partial charge in [-0.15, -0.1) is 0 Å². The van der Waals surface area contributed by atoms with Crippen molar-refractivity contribution in [2.75, 3.05) is 5.73 Å². The number of hydrogen-bond donors (Lipinski definition) is 1. The van der Waals surface area contributed by atoms with Crippen molar-refractivity contribution in [3.05, 3.63) is 47.4 Å². The highest BCUT2D eigenvalue weighted by Crippen LogP contribution is 2.33. The molecule has 1 heterocycles. The largest absolute Gasteiger partial charge is 0.382 e. The number of nitrogens with zero attached hydrogens (tertiary/aromatic N) is 3. The van der Waals surface area contributed by atoms with Crippen molar-refractivity contribution in [2.45, 2.75) is 17.3 Å². The highest BCUT2D eigenvalue weighted by atomic mass is 32.2. The number of halogens is 1. The van der Waals surface area contributed by atoms with E-state index in [9.17, 15) is 4.39 Å². The van der Waals surface area contributed by atoms with Gasteiger partial charge in [0.2, 0.25) is 0 Å². The Balaban J connectivity index is 2.15. The summed E-state index contributed by atoms with van der Waals surface area (Å²) >= 11 is 1.40. The second-order valence-corrected chi connectivity index (χ2v) is 5.18. The lowest BCUT2D eigenvalue weighted by Gasteiger charge is -2.10. The molecule has 0 spiro atoms. The molecular weight excluding hydrogens is 263 g/mol. The highest BCUT2D eigenvalue weighted by molar-refractivity contribution is 7.99. The topological polar surface area (TPSA) is 75.6 Å². The minimum absolute atomic E-state index is 0.0629. The highest BCUT2D eigenvalue weighted by Gasteiger charge is 2.11. The van der Waals surface area contributed by atoms with E-state index in [2.05, 4.69) is 9.97 Å². The maximum Gasteiger partial charge on any atom is 0.190 e. The number of nitrogens with two attached hydrogens (primary N) is 1. The van der Waals surface area contributed by atoms with Crippen LogP contribution in [0.5, 0.6) is 0 Å². The first-order valence-electron chi connectivity index (χ1n) is 5.55. The van der Waals surface area contributed by atoms with Gasteiger partial charge in [0.1, 0.15) is 23.3 Å². The van der Waals surface area contributed by atoms with E-state index in [1.54, 1.807) is 12.1 Å². The van der Waals surface area contributed by atoms with E-state index >= 15 is 0 Å². The van der Waals surface area contributed by atoms with Crippen LogP contribution in [0.25, 0.3) is 0 Å². The van der Waals surface area contributed by atoms with E-state index in [1.807, 2.05) is 13.0 Å². The van der Waals surface area contributed by atoms with Crippen LogP contribution in [0.3, 0.4) is 0 Å². The molecular formula is C13H11FN4S. The summed E-state index contributed by atoms with van der Waals surface area (Å²) in [6.45, 7) is 1.97. The van der Waals surface area contributed by atoms with Crippen molar-refractivity contribution in [1.29, 1.82) is 5.26 Å². The van der Waals surface area contributed by atoms with E-state index in [0.29, 0.717) is 5.16 Å². The van der Waals surface area contributed by atoms with Crippen LogP contribution in [-0.4, -0.2) is 9.97 Å². The fourth-order valence-electron chi connectivity index (χ4n) is 1.48. The molecule has 1 aromatic heterocycles. The molecule has 19 heavy (non-hydrogen) atoms. The van der Waals surface area contributed by atoms with Gasteiger partial charge in [-0.2, -0.15) is 5.26 Å².